The summed E-state index contributed by atoms with van der Waals surface area (Å²) in [6.45, 7) is 3.43. The maximum Gasteiger partial charge on any atom is 0.261 e. The average Bonchev–Trinajstić information content (AvgIpc) is 3.35. The summed E-state index contributed by atoms with van der Waals surface area (Å²) in [5.74, 6) is 0.937. The molecule has 2 aliphatic rings. The van der Waals surface area contributed by atoms with Crippen LogP contribution in [0.15, 0.2) is 11.2 Å². The van der Waals surface area contributed by atoms with E-state index in [4.69, 9.17) is 9.72 Å². The second-order valence-corrected chi connectivity index (χ2v) is 8.56. The van der Waals surface area contributed by atoms with Gasteiger partial charge in [0.15, 0.2) is 5.16 Å². The first-order valence-electron chi connectivity index (χ1n) is 9.25. The summed E-state index contributed by atoms with van der Waals surface area (Å²) in [5, 5.41) is 4.78. The minimum Gasteiger partial charge on any atom is -0.376 e. The van der Waals surface area contributed by atoms with Gasteiger partial charge in [0.1, 0.15) is 10.6 Å². The Balaban J connectivity index is 1.59. The van der Waals surface area contributed by atoms with Gasteiger partial charge >= 0.3 is 0 Å². The fourth-order valence-corrected chi connectivity index (χ4v) is 4.90. The Bertz CT molecular complexity index is 783. The summed E-state index contributed by atoms with van der Waals surface area (Å²) in [7, 11) is 0. The predicted molar refractivity (Wildman–Crippen MR) is 107 cm³/mol. The molecule has 4 heterocycles. The maximum atomic E-state index is 12.6. The number of ether oxygens (including phenoxy) is 1. The Labute approximate surface area is 161 Å². The minimum absolute atomic E-state index is 0.0428. The van der Waals surface area contributed by atoms with Crippen LogP contribution in [0.3, 0.4) is 0 Å². The number of anilines is 1. The third-order valence-electron chi connectivity index (χ3n) is 4.93. The van der Waals surface area contributed by atoms with Gasteiger partial charge in [-0.1, -0.05) is 11.8 Å². The van der Waals surface area contributed by atoms with Crippen molar-refractivity contribution in [2.24, 2.45) is 0 Å². The first-order chi connectivity index (χ1) is 12.7. The van der Waals surface area contributed by atoms with E-state index in [0.717, 1.165) is 53.7 Å². The third-order valence-corrected chi connectivity index (χ3v) is 6.50. The number of hydrogen-bond donors (Lipinski definition) is 1. The predicted octanol–water partition coefficient (Wildman–Crippen LogP) is 3.31. The molecule has 8 heteroatoms. The molecule has 0 radical (unpaired) electrons. The zero-order chi connectivity index (χ0) is 17.9. The number of aromatic nitrogens is 2. The monoisotopic (exact) mass is 392 g/mol. The first kappa shape index (κ1) is 18.0. The van der Waals surface area contributed by atoms with E-state index in [-0.39, 0.29) is 12.0 Å². The van der Waals surface area contributed by atoms with Crippen LogP contribution in [0.1, 0.15) is 41.8 Å². The maximum absolute atomic E-state index is 12.6. The van der Waals surface area contributed by atoms with Crippen molar-refractivity contribution in [1.29, 1.82) is 0 Å². The molecule has 6 nitrogen and oxygen atoms in total. The largest absolute Gasteiger partial charge is 0.376 e. The number of piperidine rings is 1. The fraction of sp³-hybridized carbons (Fsp3) is 0.611. The van der Waals surface area contributed by atoms with Crippen LogP contribution < -0.4 is 10.2 Å². The minimum atomic E-state index is -0.0428. The van der Waals surface area contributed by atoms with Crippen LogP contribution in [0.2, 0.25) is 0 Å². The van der Waals surface area contributed by atoms with Crippen molar-refractivity contribution in [1.82, 2.24) is 15.3 Å². The number of nitrogens with one attached hydrogen (secondary N) is 1. The summed E-state index contributed by atoms with van der Waals surface area (Å²) in [6, 6.07) is 1.96. The molecule has 0 aliphatic carbocycles. The van der Waals surface area contributed by atoms with Crippen LogP contribution in [-0.4, -0.2) is 54.5 Å². The highest BCUT2D eigenvalue weighted by molar-refractivity contribution is 7.98. The molecule has 140 valence electrons. The Morgan fingerprint density at radius 3 is 2.92 bits per heavy atom. The molecule has 1 amide bonds. The van der Waals surface area contributed by atoms with Crippen molar-refractivity contribution in [3.8, 4) is 0 Å². The molecule has 2 fully saturated rings. The molecule has 0 bridgehead atoms. The molecular weight excluding hydrogens is 368 g/mol. The van der Waals surface area contributed by atoms with Crippen molar-refractivity contribution < 1.29 is 9.53 Å². The summed E-state index contributed by atoms with van der Waals surface area (Å²) in [6.07, 6.45) is 7.91. The lowest BCUT2D eigenvalue weighted by atomic mass is 10.1. The van der Waals surface area contributed by atoms with Gasteiger partial charge in [-0.15, -0.1) is 11.3 Å². The molecular formula is C18H24N4O2S2. The van der Waals surface area contributed by atoms with E-state index in [9.17, 15) is 4.79 Å². The van der Waals surface area contributed by atoms with Gasteiger partial charge in [0.05, 0.1) is 16.4 Å². The molecule has 1 atom stereocenters. The molecule has 2 aromatic heterocycles. The highest BCUT2D eigenvalue weighted by Crippen LogP contribution is 2.33. The molecule has 0 spiro atoms. The Morgan fingerprint density at radius 1 is 1.35 bits per heavy atom. The van der Waals surface area contributed by atoms with Crippen LogP contribution in [0, 0.1) is 0 Å². The number of thiophene rings is 1. The Kier molecular flexibility index (Phi) is 5.61. The molecule has 0 unspecified atom stereocenters. The smallest absolute Gasteiger partial charge is 0.261 e. The fourth-order valence-electron chi connectivity index (χ4n) is 3.54. The number of hydrogen-bond acceptors (Lipinski definition) is 7. The number of nitrogens with zero attached hydrogens (tertiary/aromatic N) is 3. The van der Waals surface area contributed by atoms with Crippen molar-refractivity contribution in [2.45, 2.75) is 43.4 Å². The zero-order valence-electron chi connectivity index (χ0n) is 15.0. The normalized spacial score (nSPS) is 20.7. The molecule has 2 aliphatic heterocycles. The van der Waals surface area contributed by atoms with Gasteiger partial charge in [-0.05, 0) is 44.4 Å². The topological polar surface area (TPSA) is 67.4 Å². The first-order valence-corrected chi connectivity index (χ1v) is 11.3. The summed E-state index contributed by atoms with van der Waals surface area (Å²) in [4.78, 5) is 25.9. The molecule has 26 heavy (non-hydrogen) atoms. The Hall–Kier alpha value is -1.38. The number of rotatable bonds is 5. The van der Waals surface area contributed by atoms with Crippen LogP contribution in [0.4, 0.5) is 5.82 Å². The van der Waals surface area contributed by atoms with E-state index in [1.807, 2.05) is 12.3 Å². The van der Waals surface area contributed by atoms with E-state index in [2.05, 4.69) is 15.2 Å². The number of fused-ring (bicyclic) bond motifs is 1. The Morgan fingerprint density at radius 2 is 2.19 bits per heavy atom. The van der Waals surface area contributed by atoms with Gasteiger partial charge < -0.3 is 15.0 Å². The average molecular weight is 393 g/mol. The number of amides is 1. The molecule has 4 rings (SSSR count). The van der Waals surface area contributed by atoms with Crippen LogP contribution >= 0.6 is 23.1 Å². The second-order valence-electron chi connectivity index (χ2n) is 6.76. The lowest BCUT2D eigenvalue weighted by Crippen LogP contribution is -2.31. The van der Waals surface area contributed by atoms with E-state index in [1.165, 1.54) is 30.6 Å². The summed E-state index contributed by atoms with van der Waals surface area (Å²) >= 11 is 3.00. The van der Waals surface area contributed by atoms with Gasteiger partial charge in [0, 0.05) is 26.2 Å². The number of thioether (sulfide) groups is 1. The highest BCUT2D eigenvalue weighted by atomic mass is 32.2. The van der Waals surface area contributed by atoms with Crippen molar-refractivity contribution >= 4 is 45.0 Å². The van der Waals surface area contributed by atoms with Gasteiger partial charge in [-0.3, -0.25) is 4.79 Å². The van der Waals surface area contributed by atoms with Crippen LogP contribution in [0.5, 0.6) is 0 Å². The number of carbonyl (C=O) groups is 1. The number of carbonyl (C=O) groups excluding carboxylic acids is 1. The van der Waals surface area contributed by atoms with Gasteiger partial charge in [-0.25, -0.2) is 9.97 Å². The van der Waals surface area contributed by atoms with Gasteiger partial charge in [0.2, 0.25) is 0 Å². The van der Waals surface area contributed by atoms with Gasteiger partial charge in [0.25, 0.3) is 5.91 Å². The van der Waals surface area contributed by atoms with Crippen molar-refractivity contribution in [3.05, 3.63) is 10.9 Å². The lowest BCUT2D eigenvalue weighted by molar-refractivity contribution is 0.0861. The lowest BCUT2D eigenvalue weighted by Gasteiger charge is -2.28. The second kappa shape index (κ2) is 8.10. The third kappa shape index (κ3) is 3.82. The molecule has 2 aromatic rings. The van der Waals surface area contributed by atoms with E-state index < -0.39 is 0 Å². The quantitative estimate of drug-likeness (QED) is 0.622. The molecule has 0 aromatic carbocycles. The van der Waals surface area contributed by atoms with Crippen LogP contribution in [0.25, 0.3) is 10.2 Å². The highest BCUT2D eigenvalue weighted by Gasteiger charge is 2.22. The molecule has 2 saturated heterocycles. The standard InChI is InChI=1S/C18H24N4O2S2/c1-25-18-20-15(22-7-3-2-4-8-22)13-10-14(26-17(13)21-18)16(23)19-11-12-6-5-9-24-12/h10,12H,2-9,11H2,1H3,(H,19,23)/t12-/m1/s1. The summed E-state index contributed by atoms with van der Waals surface area (Å²) < 4.78 is 5.58. The van der Waals surface area contributed by atoms with E-state index >= 15 is 0 Å². The zero-order valence-corrected chi connectivity index (χ0v) is 16.6. The van der Waals surface area contributed by atoms with Crippen molar-refractivity contribution in [2.75, 3.05) is 37.4 Å². The SMILES string of the molecule is CSc1nc(N2CCCCC2)c2cc(C(=O)NC[C@H]3CCCO3)sc2n1. The van der Waals surface area contributed by atoms with Crippen LogP contribution in [-0.2, 0) is 4.74 Å². The molecule has 1 N–H and O–H groups in total. The van der Waals surface area contributed by atoms with E-state index in [1.54, 1.807) is 11.8 Å². The van der Waals surface area contributed by atoms with Crippen molar-refractivity contribution in [3.63, 3.8) is 0 Å². The molecule has 0 saturated carbocycles. The van der Waals surface area contributed by atoms with E-state index in [0.29, 0.717) is 11.4 Å². The summed E-state index contributed by atoms with van der Waals surface area (Å²) in [5.41, 5.74) is 0. The van der Waals surface area contributed by atoms with Gasteiger partial charge in [-0.2, -0.15) is 0 Å².